The fourth-order valence-corrected chi connectivity index (χ4v) is 5.05. The van der Waals surface area contributed by atoms with E-state index in [0.717, 1.165) is 11.8 Å². The molecule has 1 aliphatic heterocycles. The van der Waals surface area contributed by atoms with Crippen LogP contribution < -0.4 is 0 Å². The third-order valence-electron chi connectivity index (χ3n) is 3.45. The number of sulfonamides is 1. The molecule has 0 atom stereocenters. The highest BCUT2D eigenvalue weighted by atomic mass is 35.5. The SMILES string of the molecule is Cc1cc2c(cc1Cl)SC(C(=O)c1ccc([N+](=O)[O-])cc1)=NS2(=O)=O. The number of hydrogen-bond acceptors (Lipinski definition) is 6. The first kappa shape index (κ1) is 17.6. The summed E-state index contributed by atoms with van der Waals surface area (Å²) in [6.45, 7) is 1.67. The van der Waals surface area contributed by atoms with Crippen LogP contribution in [0.25, 0.3) is 0 Å². The lowest BCUT2D eigenvalue weighted by Crippen LogP contribution is -2.18. The Morgan fingerprint density at radius 2 is 1.88 bits per heavy atom. The van der Waals surface area contributed by atoms with E-state index in [1.165, 1.54) is 36.4 Å². The van der Waals surface area contributed by atoms with E-state index in [2.05, 4.69) is 4.40 Å². The first-order chi connectivity index (χ1) is 11.7. The van der Waals surface area contributed by atoms with E-state index in [9.17, 15) is 23.3 Å². The second-order valence-electron chi connectivity index (χ2n) is 5.15. The molecule has 0 spiro atoms. The van der Waals surface area contributed by atoms with Gasteiger partial charge in [-0.1, -0.05) is 23.4 Å². The lowest BCUT2D eigenvalue weighted by Gasteiger charge is -2.16. The topological polar surface area (TPSA) is 107 Å². The van der Waals surface area contributed by atoms with Gasteiger partial charge in [0.25, 0.3) is 15.7 Å². The number of nitro benzene ring substituents is 1. The molecule has 7 nitrogen and oxygen atoms in total. The molecule has 1 aliphatic rings. The number of carbonyl (C=O) groups excluding carboxylic acids is 1. The number of aryl methyl sites for hydroxylation is 1. The van der Waals surface area contributed by atoms with E-state index < -0.39 is 20.7 Å². The molecule has 0 bridgehead atoms. The van der Waals surface area contributed by atoms with Gasteiger partial charge < -0.3 is 0 Å². The molecule has 25 heavy (non-hydrogen) atoms. The molecule has 2 aromatic rings. The highest BCUT2D eigenvalue weighted by Crippen LogP contribution is 2.38. The number of ketones is 1. The summed E-state index contributed by atoms with van der Waals surface area (Å²) in [4.78, 5) is 22.9. The van der Waals surface area contributed by atoms with Crippen molar-refractivity contribution < 1.29 is 18.1 Å². The molecule has 0 N–H and O–H groups in total. The van der Waals surface area contributed by atoms with E-state index >= 15 is 0 Å². The van der Waals surface area contributed by atoms with Crippen molar-refractivity contribution in [2.45, 2.75) is 16.7 Å². The lowest BCUT2D eigenvalue weighted by atomic mass is 10.1. The first-order valence-corrected chi connectivity index (χ1v) is 9.44. The molecule has 0 amide bonds. The Balaban J connectivity index is 2.01. The minimum absolute atomic E-state index is 0.000325. The predicted molar refractivity (Wildman–Crippen MR) is 94.1 cm³/mol. The number of thioether (sulfide) groups is 1. The predicted octanol–water partition coefficient (Wildman–Crippen LogP) is 3.63. The van der Waals surface area contributed by atoms with Crippen molar-refractivity contribution in [1.29, 1.82) is 0 Å². The molecule has 3 rings (SSSR count). The summed E-state index contributed by atoms with van der Waals surface area (Å²) < 4.78 is 28.3. The minimum atomic E-state index is -4.03. The van der Waals surface area contributed by atoms with Gasteiger partial charge in [0.2, 0.25) is 5.78 Å². The fourth-order valence-electron chi connectivity index (χ4n) is 2.15. The maximum absolute atomic E-state index is 12.5. The largest absolute Gasteiger partial charge is 0.286 e. The standard InChI is InChI=1S/C15H9ClN2O5S2/c1-8-6-13-12(7-11(8)16)24-15(17-25(13,22)23)14(19)9-2-4-10(5-3-9)18(20)21/h2-7H,1H3. The van der Waals surface area contributed by atoms with Gasteiger partial charge in [0.15, 0.2) is 5.04 Å². The Morgan fingerprint density at radius 3 is 2.48 bits per heavy atom. The number of non-ortho nitro benzene ring substituents is 1. The summed E-state index contributed by atoms with van der Waals surface area (Å²) in [6, 6.07) is 7.75. The zero-order chi connectivity index (χ0) is 18.4. The Bertz CT molecular complexity index is 1050. The number of carbonyl (C=O) groups is 1. The molecule has 0 saturated carbocycles. The van der Waals surface area contributed by atoms with Crippen LogP contribution in [0, 0.1) is 17.0 Å². The maximum Gasteiger partial charge on any atom is 0.284 e. The van der Waals surface area contributed by atoms with E-state index in [4.69, 9.17) is 11.6 Å². The number of nitro groups is 1. The van der Waals surface area contributed by atoms with Crippen molar-refractivity contribution in [1.82, 2.24) is 0 Å². The molecular formula is C15H9ClN2O5S2. The van der Waals surface area contributed by atoms with Crippen LogP contribution in [-0.2, 0) is 10.0 Å². The van der Waals surface area contributed by atoms with Crippen molar-refractivity contribution in [3.63, 3.8) is 0 Å². The number of rotatable bonds is 3. The number of fused-ring (bicyclic) bond motifs is 1. The smallest absolute Gasteiger partial charge is 0.284 e. The molecule has 0 aliphatic carbocycles. The highest BCUT2D eigenvalue weighted by molar-refractivity contribution is 8.17. The van der Waals surface area contributed by atoms with Gasteiger partial charge in [-0.05, 0) is 36.8 Å². The van der Waals surface area contributed by atoms with E-state index in [-0.39, 0.29) is 21.2 Å². The van der Waals surface area contributed by atoms with Gasteiger partial charge in [-0.25, -0.2) is 0 Å². The third-order valence-corrected chi connectivity index (χ3v) is 6.44. The van der Waals surface area contributed by atoms with Gasteiger partial charge >= 0.3 is 0 Å². The molecule has 2 aromatic carbocycles. The molecule has 0 fully saturated rings. The summed E-state index contributed by atoms with van der Waals surface area (Å²) in [5, 5.41) is 10.8. The fraction of sp³-hybridized carbons (Fsp3) is 0.0667. The number of halogens is 1. The summed E-state index contributed by atoms with van der Waals surface area (Å²) in [7, 11) is -4.03. The normalized spacial score (nSPS) is 15.2. The molecule has 0 unspecified atom stereocenters. The molecule has 10 heteroatoms. The zero-order valence-electron chi connectivity index (χ0n) is 12.6. The summed E-state index contributed by atoms with van der Waals surface area (Å²) in [6.07, 6.45) is 0. The van der Waals surface area contributed by atoms with Crippen LogP contribution in [0.15, 0.2) is 50.6 Å². The monoisotopic (exact) mass is 396 g/mol. The van der Waals surface area contributed by atoms with Crippen LogP contribution in [0.5, 0.6) is 0 Å². The highest BCUT2D eigenvalue weighted by Gasteiger charge is 2.30. The van der Waals surface area contributed by atoms with Crippen LogP contribution in [-0.4, -0.2) is 24.2 Å². The number of benzene rings is 2. The second kappa shape index (κ2) is 6.25. The van der Waals surface area contributed by atoms with Crippen molar-refractivity contribution in [3.05, 3.63) is 62.7 Å². The summed E-state index contributed by atoms with van der Waals surface area (Å²) in [5.41, 5.74) is 0.522. The van der Waals surface area contributed by atoms with E-state index in [1.54, 1.807) is 6.92 Å². The van der Waals surface area contributed by atoms with Gasteiger partial charge in [-0.15, -0.1) is 4.40 Å². The van der Waals surface area contributed by atoms with Gasteiger partial charge in [0.1, 0.15) is 4.90 Å². The number of hydrogen-bond donors (Lipinski definition) is 0. The molecule has 128 valence electrons. The Hall–Kier alpha value is -2.23. The average molecular weight is 397 g/mol. The summed E-state index contributed by atoms with van der Waals surface area (Å²) >= 11 is 6.93. The maximum atomic E-state index is 12.5. The quantitative estimate of drug-likeness (QED) is 0.445. The van der Waals surface area contributed by atoms with Crippen LogP contribution in [0.4, 0.5) is 5.69 Å². The first-order valence-electron chi connectivity index (χ1n) is 6.81. The molecular weight excluding hydrogens is 388 g/mol. The van der Waals surface area contributed by atoms with E-state index in [1.807, 2.05) is 0 Å². The van der Waals surface area contributed by atoms with Crippen LogP contribution in [0.2, 0.25) is 5.02 Å². The Kier molecular flexibility index (Phi) is 4.40. The average Bonchev–Trinajstić information content (AvgIpc) is 2.55. The number of nitrogens with zero attached hydrogens (tertiary/aromatic N) is 2. The van der Waals surface area contributed by atoms with Crippen molar-refractivity contribution >= 4 is 49.9 Å². The molecule has 0 saturated heterocycles. The molecule has 1 heterocycles. The van der Waals surface area contributed by atoms with Crippen LogP contribution >= 0.6 is 23.4 Å². The Morgan fingerprint density at radius 1 is 1.24 bits per heavy atom. The van der Waals surface area contributed by atoms with Crippen LogP contribution in [0.1, 0.15) is 15.9 Å². The number of Topliss-reactive ketones (excluding diaryl/α,β-unsaturated/α-hetero) is 1. The Labute approximate surface area is 151 Å². The van der Waals surface area contributed by atoms with Crippen molar-refractivity contribution in [3.8, 4) is 0 Å². The molecule has 0 aromatic heterocycles. The van der Waals surface area contributed by atoms with Gasteiger partial charge in [0.05, 0.1) is 4.92 Å². The summed E-state index contributed by atoms with van der Waals surface area (Å²) in [5.74, 6) is -0.633. The third kappa shape index (κ3) is 3.30. The van der Waals surface area contributed by atoms with E-state index in [0.29, 0.717) is 15.5 Å². The molecule has 0 radical (unpaired) electrons. The second-order valence-corrected chi connectivity index (χ2v) is 8.17. The minimum Gasteiger partial charge on any atom is -0.286 e. The van der Waals surface area contributed by atoms with Crippen molar-refractivity contribution in [2.75, 3.05) is 0 Å². The zero-order valence-corrected chi connectivity index (χ0v) is 15.0. The van der Waals surface area contributed by atoms with Gasteiger partial charge in [0, 0.05) is 27.6 Å². The van der Waals surface area contributed by atoms with Gasteiger partial charge in [-0.3, -0.25) is 14.9 Å². The van der Waals surface area contributed by atoms with Crippen LogP contribution in [0.3, 0.4) is 0 Å². The lowest BCUT2D eigenvalue weighted by molar-refractivity contribution is -0.384. The van der Waals surface area contributed by atoms with Gasteiger partial charge in [-0.2, -0.15) is 8.42 Å². The van der Waals surface area contributed by atoms with Crippen molar-refractivity contribution in [2.24, 2.45) is 4.40 Å².